The van der Waals surface area contributed by atoms with Crippen molar-refractivity contribution in [2.75, 3.05) is 12.4 Å². The third-order valence-electron chi connectivity index (χ3n) is 3.74. The average Bonchev–Trinajstić information content (AvgIpc) is 2.61. The van der Waals surface area contributed by atoms with Gasteiger partial charge in [-0.05, 0) is 35.9 Å². The van der Waals surface area contributed by atoms with E-state index in [9.17, 15) is 9.59 Å². The Morgan fingerprint density at radius 1 is 1.24 bits per heavy atom. The van der Waals surface area contributed by atoms with Crippen LogP contribution in [0.25, 0.3) is 10.9 Å². The van der Waals surface area contributed by atoms with E-state index in [0.717, 1.165) is 10.9 Å². The van der Waals surface area contributed by atoms with Crippen molar-refractivity contribution in [3.8, 4) is 6.07 Å². The zero-order valence-electron chi connectivity index (χ0n) is 13.5. The van der Waals surface area contributed by atoms with E-state index in [1.165, 1.54) is 12.1 Å². The fourth-order valence-corrected chi connectivity index (χ4v) is 2.62. The number of ether oxygens (including phenoxy) is 1. The van der Waals surface area contributed by atoms with Gasteiger partial charge in [-0.3, -0.25) is 9.59 Å². The number of carbonyl (C=O) groups excluding carboxylic acids is 1. The van der Waals surface area contributed by atoms with Crippen molar-refractivity contribution in [1.29, 1.82) is 5.26 Å². The fraction of sp³-hybridized carbons (Fsp3) is 0.105. The monoisotopic (exact) mass is 333 g/mol. The Labute approximate surface area is 143 Å². The Bertz CT molecular complexity index is 1050. The van der Waals surface area contributed by atoms with Crippen LogP contribution in [-0.2, 0) is 11.3 Å². The number of hydrogen-bond acceptors (Lipinski definition) is 4. The topological polar surface area (TPSA) is 95.0 Å². The number of aromatic amines is 1. The van der Waals surface area contributed by atoms with Gasteiger partial charge in [0.2, 0.25) is 5.56 Å². The smallest absolute Gasteiger partial charge is 0.255 e. The molecule has 3 aromatic rings. The van der Waals surface area contributed by atoms with Crippen LogP contribution in [0, 0.1) is 11.3 Å². The Kier molecular flexibility index (Phi) is 4.59. The summed E-state index contributed by atoms with van der Waals surface area (Å²) in [7, 11) is 1.57. The molecule has 124 valence electrons. The average molecular weight is 333 g/mol. The molecule has 2 aromatic carbocycles. The molecule has 0 aliphatic heterocycles. The summed E-state index contributed by atoms with van der Waals surface area (Å²) < 4.78 is 5.12. The SMILES string of the molecule is COCc1cc(=O)[nH]c2cc(NC(=O)c3cccc(C#N)c3)ccc12. The third kappa shape index (κ3) is 3.57. The minimum absolute atomic E-state index is 0.232. The summed E-state index contributed by atoms with van der Waals surface area (Å²) in [6, 6.07) is 15.2. The van der Waals surface area contributed by atoms with Crippen LogP contribution >= 0.6 is 0 Å². The van der Waals surface area contributed by atoms with Crippen LogP contribution in [0.5, 0.6) is 0 Å². The first-order valence-corrected chi connectivity index (χ1v) is 7.57. The summed E-state index contributed by atoms with van der Waals surface area (Å²) in [5.41, 5.74) is 2.51. The number of methoxy groups -OCH3 is 1. The van der Waals surface area contributed by atoms with Crippen LogP contribution in [0.4, 0.5) is 5.69 Å². The Hall–Kier alpha value is -3.43. The van der Waals surface area contributed by atoms with Crippen molar-refractivity contribution in [1.82, 2.24) is 4.98 Å². The molecule has 0 saturated heterocycles. The molecule has 3 rings (SSSR count). The number of nitrogens with one attached hydrogen (secondary N) is 2. The number of anilines is 1. The summed E-state index contributed by atoms with van der Waals surface area (Å²) in [6.45, 7) is 0.326. The molecule has 1 aromatic heterocycles. The number of pyridine rings is 1. The molecule has 0 spiro atoms. The number of rotatable bonds is 4. The first kappa shape index (κ1) is 16.4. The second kappa shape index (κ2) is 6.99. The number of H-pyrrole nitrogens is 1. The molecule has 1 amide bonds. The molecule has 0 unspecified atom stereocenters. The van der Waals surface area contributed by atoms with Gasteiger partial charge in [-0.2, -0.15) is 5.26 Å². The van der Waals surface area contributed by atoms with E-state index in [4.69, 9.17) is 10.00 Å². The second-order valence-electron chi connectivity index (χ2n) is 5.50. The predicted octanol–water partition coefficient (Wildman–Crippen LogP) is 2.80. The molecule has 0 aliphatic rings. The van der Waals surface area contributed by atoms with Gasteiger partial charge >= 0.3 is 0 Å². The molecular weight excluding hydrogens is 318 g/mol. The van der Waals surface area contributed by atoms with Crippen LogP contribution in [0.15, 0.2) is 53.3 Å². The number of amides is 1. The van der Waals surface area contributed by atoms with Gasteiger partial charge in [0.05, 0.1) is 23.8 Å². The molecule has 1 heterocycles. The first-order chi connectivity index (χ1) is 12.1. The maximum absolute atomic E-state index is 12.3. The lowest BCUT2D eigenvalue weighted by Crippen LogP contribution is -2.12. The second-order valence-corrected chi connectivity index (χ2v) is 5.50. The Morgan fingerprint density at radius 2 is 2.08 bits per heavy atom. The number of fused-ring (bicyclic) bond motifs is 1. The highest BCUT2D eigenvalue weighted by Gasteiger charge is 2.09. The lowest BCUT2D eigenvalue weighted by atomic mass is 10.1. The van der Waals surface area contributed by atoms with E-state index in [1.807, 2.05) is 12.1 Å². The molecule has 0 fully saturated rings. The maximum Gasteiger partial charge on any atom is 0.255 e. The Morgan fingerprint density at radius 3 is 2.84 bits per heavy atom. The van der Waals surface area contributed by atoms with Gasteiger partial charge in [0.25, 0.3) is 5.91 Å². The maximum atomic E-state index is 12.3. The lowest BCUT2D eigenvalue weighted by Gasteiger charge is -2.09. The van der Waals surface area contributed by atoms with Crippen molar-refractivity contribution in [2.24, 2.45) is 0 Å². The number of nitriles is 1. The largest absolute Gasteiger partial charge is 0.380 e. The summed E-state index contributed by atoms with van der Waals surface area (Å²) >= 11 is 0. The molecule has 2 N–H and O–H groups in total. The highest BCUT2D eigenvalue weighted by atomic mass is 16.5. The zero-order chi connectivity index (χ0) is 17.8. The quantitative estimate of drug-likeness (QED) is 0.767. The van der Waals surface area contributed by atoms with Crippen molar-refractivity contribution >= 4 is 22.5 Å². The molecule has 0 atom stereocenters. The van der Waals surface area contributed by atoms with E-state index in [0.29, 0.717) is 28.9 Å². The molecule has 0 aliphatic carbocycles. The highest BCUT2D eigenvalue weighted by molar-refractivity contribution is 6.05. The molecular formula is C19H15N3O3. The molecule has 0 radical (unpaired) electrons. The van der Waals surface area contributed by atoms with Crippen LogP contribution in [0.3, 0.4) is 0 Å². The van der Waals surface area contributed by atoms with Crippen LogP contribution in [0.2, 0.25) is 0 Å². The van der Waals surface area contributed by atoms with E-state index >= 15 is 0 Å². The molecule has 6 nitrogen and oxygen atoms in total. The van der Waals surface area contributed by atoms with Crippen LogP contribution in [0.1, 0.15) is 21.5 Å². The minimum atomic E-state index is -0.327. The van der Waals surface area contributed by atoms with Gasteiger partial charge in [-0.1, -0.05) is 12.1 Å². The summed E-state index contributed by atoms with van der Waals surface area (Å²) in [4.78, 5) is 26.9. The third-order valence-corrected chi connectivity index (χ3v) is 3.74. The van der Waals surface area contributed by atoms with Crippen LogP contribution in [-0.4, -0.2) is 18.0 Å². The van der Waals surface area contributed by atoms with E-state index < -0.39 is 0 Å². The van der Waals surface area contributed by atoms with Crippen molar-refractivity contribution < 1.29 is 9.53 Å². The molecule has 0 saturated carbocycles. The van der Waals surface area contributed by atoms with Crippen molar-refractivity contribution in [3.05, 3.63) is 75.6 Å². The minimum Gasteiger partial charge on any atom is -0.380 e. The summed E-state index contributed by atoms with van der Waals surface area (Å²) in [5.74, 6) is -0.327. The fourth-order valence-electron chi connectivity index (χ4n) is 2.62. The summed E-state index contributed by atoms with van der Waals surface area (Å²) in [5, 5.41) is 12.5. The van der Waals surface area contributed by atoms with Crippen molar-refractivity contribution in [3.63, 3.8) is 0 Å². The molecule has 25 heavy (non-hydrogen) atoms. The van der Waals surface area contributed by atoms with Gasteiger partial charge < -0.3 is 15.0 Å². The van der Waals surface area contributed by atoms with Gasteiger partial charge in [0.1, 0.15) is 0 Å². The molecule has 0 bridgehead atoms. The highest BCUT2D eigenvalue weighted by Crippen LogP contribution is 2.21. The Balaban J connectivity index is 1.93. The van der Waals surface area contributed by atoms with E-state index in [1.54, 1.807) is 37.4 Å². The normalized spacial score (nSPS) is 10.4. The zero-order valence-corrected chi connectivity index (χ0v) is 13.5. The first-order valence-electron chi connectivity index (χ1n) is 7.57. The van der Waals surface area contributed by atoms with Crippen LogP contribution < -0.4 is 10.9 Å². The number of benzene rings is 2. The van der Waals surface area contributed by atoms with Crippen molar-refractivity contribution in [2.45, 2.75) is 6.61 Å². The van der Waals surface area contributed by atoms with Gasteiger partial charge in [-0.25, -0.2) is 0 Å². The predicted molar refractivity (Wildman–Crippen MR) is 94.4 cm³/mol. The van der Waals surface area contributed by atoms with E-state index in [-0.39, 0.29) is 11.5 Å². The number of hydrogen-bond donors (Lipinski definition) is 2. The lowest BCUT2D eigenvalue weighted by molar-refractivity contribution is 0.102. The van der Waals surface area contributed by atoms with Gasteiger partial charge in [-0.15, -0.1) is 0 Å². The van der Waals surface area contributed by atoms with E-state index in [2.05, 4.69) is 10.3 Å². The number of carbonyl (C=O) groups is 1. The molecule has 6 heteroatoms. The number of nitrogens with zero attached hydrogens (tertiary/aromatic N) is 1. The number of aromatic nitrogens is 1. The standard InChI is InChI=1S/C19H15N3O3/c1-25-11-14-8-18(23)22-17-9-15(5-6-16(14)17)21-19(24)13-4-2-3-12(7-13)10-20/h2-9H,11H2,1H3,(H,21,24)(H,22,23). The summed E-state index contributed by atoms with van der Waals surface area (Å²) in [6.07, 6.45) is 0. The van der Waals surface area contributed by atoms with Gasteiger partial charge in [0, 0.05) is 29.8 Å². The van der Waals surface area contributed by atoms with Gasteiger partial charge in [0.15, 0.2) is 0 Å².